The van der Waals surface area contributed by atoms with Crippen molar-refractivity contribution >= 4 is 11.5 Å². The van der Waals surface area contributed by atoms with Gasteiger partial charge in [0.1, 0.15) is 11.8 Å². The molecule has 1 saturated heterocycles. The van der Waals surface area contributed by atoms with Gasteiger partial charge in [0.25, 0.3) is 0 Å². The summed E-state index contributed by atoms with van der Waals surface area (Å²) in [7, 11) is 0. The van der Waals surface area contributed by atoms with E-state index in [1.807, 2.05) is 6.07 Å². The molecule has 0 radical (unpaired) electrons. The fourth-order valence-electron chi connectivity index (χ4n) is 2.89. The topological polar surface area (TPSA) is 74.1 Å². The molecule has 130 valence electrons. The predicted octanol–water partition coefficient (Wildman–Crippen LogP) is 3.03. The Morgan fingerprint density at radius 2 is 2.00 bits per heavy atom. The van der Waals surface area contributed by atoms with Gasteiger partial charge < -0.3 is 15.0 Å². The molecular formula is C17H17F2N5O. The summed E-state index contributed by atoms with van der Waals surface area (Å²) >= 11 is 0. The van der Waals surface area contributed by atoms with Crippen LogP contribution in [0.3, 0.4) is 0 Å². The van der Waals surface area contributed by atoms with Gasteiger partial charge in [-0.2, -0.15) is 14.0 Å². The molecule has 0 bridgehead atoms. The van der Waals surface area contributed by atoms with Crippen molar-refractivity contribution in [3.63, 3.8) is 0 Å². The molecule has 8 heteroatoms. The van der Waals surface area contributed by atoms with E-state index in [0.29, 0.717) is 5.82 Å². The van der Waals surface area contributed by atoms with E-state index >= 15 is 0 Å². The van der Waals surface area contributed by atoms with Gasteiger partial charge in [0.05, 0.1) is 0 Å². The number of hydrogen-bond acceptors (Lipinski definition) is 6. The highest BCUT2D eigenvalue weighted by atomic mass is 19.3. The number of nitriles is 1. The maximum atomic E-state index is 12.2. The van der Waals surface area contributed by atoms with Crippen LogP contribution < -0.4 is 15.0 Å². The van der Waals surface area contributed by atoms with Gasteiger partial charge in [0.15, 0.2) is 11.5 Å². The third-order valence-electron chi connectivity index (χ3n) is 3.99. The molecule has 1 atom stereocenters. The third-order valence-corrected chi connectivity index (χ3v) is 3.99. The highest BCUT2D eigenvalue weighted by molar-refractivity contribution is 5.51. The molecule has 0 unspecified atom stereocenters. The maximum Gasteiger partial charge on any atom is 0.387 e. The monoisotopic (exact) mass is 345 g/mol. The zero-order valence-electron chi connectivity index (χ0n) is 13.4. The third kappa shape index (κ3) is 4.32. The van der Waals surface area contributed by atoms with Crippen molar-refractivity contribution in [2.75, 3.05) is 23.3 Å². The summed E-state index contributed by atoms with van der Waals surface area (Å²) < 4.78 is 28.8. The van der Waals surface area contributed by atoms with Crippen LogP contribution in [-0.4, -0.2) is 35.7 Å². The molecule has 6 nitrogen and oxygen atoms in total. The molecule has 1 aromatic carbocycles. The molecule has 0 aliphatic carbocycles. The number of anilines is 2. The number of benzene rings is 1. The summed E-state index contributed by atoms with van der Waals surface area (Å²) in [5.74, 6) is 0.626. The fourth-order valence-corrected chi connectivity index (χ4v) is 2.89. The van der Waals surface area contributed by atoms with Crippen LogP contribution >= 0.6 is 0 Å². The molecule has 1 aliphatic heterocycles. The van der Waals surface area contributed by atoms with E-state index in [9.17, 15) is 8.78 Å². The average molecular weight is 345 g/mol. The summed E-state index contributed by atoms with van der Waals surface area (Å²) in [5.41, 5.74) is 1.21. The number of nitrogens with zero attached hydrogens (tertiary/aromatic N) is 4. The highest BCUT2D eigenvalue weighted by Gasteiger charge is 2.21. The predicted molar refractivity (Wildman–Crippen MR) is 88.7 cm³/mol. The molecular weight excluding hydrogens is 328 g/mol. The fraction of sp³-hybridized carbons (Fsp3) is 0.353. The number of hydrogen-bond donors (Lipinski definition) is 1. The van der Waals surface area contributed by atoms with Crippen molar-refractivity contribution in [1.29, 1.82) is 5.26 Å². The lowest BCUT2D eigenvalue weighted by atomic mass is 10.0. The molecule has 1 aliphatic rings. The Morgan fingerprint density at radius 3 is 2.72 bits per heavy atom. The molecule has 2 aromatic rings. The lowest BCUT2D eigenvalue weighted by molar-refractivity contribution is -0.0498. The van der Waals surface area contributed by atoms with Crippen LogP contribution in [0.5, 0.6) is 5.75 Å². The Hall–Kier alpha value is -2.95. The number of piperidine rings is 1. The number of aromatic nitrogens is 2. The van der Waals surface area contributed by atoms with Crippen molar-refractivity contribution in [3.8, 4) is 11.8 Å². The number of halogens is 2. The average Bonchev–Trinajstić information content (AvgIpc) is 2.62. The standard InChI is InChI=1S/C17H17F2N5O/c18-17(19)25-14-5-3-13(4-6-14)24-9-1-2-12(11-24)23-16-15(10-20)21-7-8-22-16/h3-8,12,17H,1-2,9,11H2,(H,22,23)/t12-/m1/s1. The van der Waals surface area contributed by atoms with Crippen LogP contribution in [0.4, 0.5) is 20.3 Å². The Balaban J connectivity index is 1.66. The normalized spacial score (nSPS) is 17.2. The first-order valence-corrected chi connectivity index (χ1v) is 7.93. The van der Waals surface area contributed by atoms with Crippen molar-refractivity contribution in [3.05, 3.63) is 42.4 Å². The second kappa shape index (κ2) is 7.75. The van der Waals surface area contributed by atoms with Gasteiger partial charge in [-0.1, -0.05) is 0 Å². The van der Waals surface area contributed by atoms with E-state index in [4.69, 9.17) is 5.26 Å². The lowest BCUT2D eigenvalue weighted by Crippen LogP contribution is -2.42. The Labute approximate surface area is 144 Å². The van der Waals surface area contributed by atoms with Gasteiger partial charge in [-0.05, 0) is 37.1 Å². The van der Waals surface area contributed by atoms with Gasteiger partial charge >= 0.3 is 6.61 Å². The molecule has 0 saturated carbocycles. The summed E-state index contributed by atoms with van der Waals surface area (Å²) in [6.45, 7) is -1.23. The zero-order valence-corrected chi connectivity index (χ0v) is 13.4. The minimum absolute atomic E-state index is 0.120. The number of nitrogens with one attached hydrogen (secondary N) is 1. The summed E-state index contributed by atoms with van der Waals surface area (Å²) in [5, 5.41) is 12.4. The van der Waals surface area contributed by atoms with Gasteiger partial charge in [0, 0.05) is 37.2 Å². The van der Waals surface area contributed by atoms with Crippen LogP contribution in [-0.2, 0) is 0 Å². The van der Waals surface area contributed by atoms with Gasteiger partial charge in [-0.15, -0.1) is 0 Å². The van der Waals surface area contributed by atoms with E-state index in [-0.39, 0.29) is 17.5 Å². The number of ether oxygens (including phenoxy) is 1. The molecule has 0 spiro atoms. The summed E-state index contributed by atoms with van der Waals surface area (Å²) in [6.07, 6.45) is 4.95. The Bertz CT molecular complexity index is 747. The molecule has 1 N–H and O–H groups in total. The Kier molecular flexibility index (Phi) is 5.23. The first-order valence-electron chi connectivity index (χ1n) is 7.93. The quantitative estimate of drug-likeness (QED) is 0.898. The van der Waals surface area contributed by atoms with Crippen molar-refractivity contribution in [1.82, 2.24) is 9.97 Å². The minimum Gasteiger partial charge on any atom is -0.435 e. The molecule has 1 aromatic heterocycles. The van der Waals surface area contributed by atoms with Gasteiger partial charge in [-0.25, -0.2) is 9.97 Å². The first-order chi connectivity index (χ1) is 12.2. The van der Waals surface area contributed by atoms with Gasteiger partial charge in [0.2, 0.25) is 0 Å². The van der Waals surface area contributed by atoms with Crippen molar-refractivity contribution in [2.24, 2.45) is 0 Å². The van der Waals surface area contributed by atoms with E-state index in [2.05, 4.69) is 24.9 Å². The van der Waals surface area contributed by atoms with Gasteiger partial charge in [-0.3, -0.25) is 0 Å². The number of rotatable bonds is 5. The largest absolute Gasteiger partial charge is 0.435 e. The zero-order chi connectivity index (χ0) is 17.6. The lowest BCUT2D eigenvalue weighted by Gasteiger charge is -2.35. The van der Waals surface area contributed by atoms with E-state index in [1.165, 1.54) is 18.3 Å². The smallest absolute Gasteiger partial charge is 0.387 e. The minimum atomic E-state index is -2.82. The molecule has 3 rings (SSSR count). The SMILES string of the molecule is N#Cc1nccnc1N[C@@H]1CCCN(c2ccc(OC(F)F)cc2)C1. The molecule has 0 amide bonds. The van der Waals surface area contributed by atoms with E-state index in [0.717, 1.165) is 31.6 Å². The van der Waals surface area contributed by atoms with E-state index < -0.39 is 6.61 Å². The second-order valence-electron chi connectivity index (χ2n) is 5.67. The van der Waals surface area contributed by atoms with Crippen LogP contribution in [0.25, 0.3) is 0 Å². The second-order valence-corrected chi connectivity index (χ2v) is 5.67. The van der Waals surface area contributed by atoms with Crippen molar-refractivity contribution in [2.45, 2.75) is 25.5 Å². The van der Waals surface area contributed by atoms with Crippen LogP contribution in [0.1, 0.15) is 18.5 Å². The van der Waals surface area contributed by atoms with Crippen LogP contribution in [0.15, 0.2) is 36.7 Å². The van der Waals surface area contributed by atoms with Crippen LogP contribution in [0.2, 0.25) is 0 Å². The highest BCUT2D eigenvalue weighted by Crippen LogP contribution is 2.25. The molecule has 25 heavy (non-hydrogen) atoms. The van der Waals surface area contributed by atoms with E-state index in [1.54, 1.807) is 18.3 Å². The summed E-state index contributed by atoms with van der Waals surface area (Å²) in [4.78, 5) is 10.3. The summed E-state index contributed by atoms with van der Waals surface area (Å²) in [6, 6.07) is 8.75. The maximum absolute atomic E-state index is 12.2. The Morgan fingerprint density at radius 1 is 1.24 bits per heavy atom. The molecule has 2 heterocycles. The number of alkyl halides is 2. The molecule has 1 fully saturated rings. The first kappa shape index (κ1) is 16.9. The van der Waals surface area contributed by atoms with Crippen LogP contribution in [0, 0.1) is 11.3 Å². The van der Waals surface area contributed by atoms with Crippen molar-refractivity contribution < 1.29 is 13.5 Å².